The average Bonchev–Trinajstić information content (AvgIpc) is 3.03. The second kappa shape index (κ2) is 6.44. The van der Waals surface area contributed by atoms with Gasteiger partial charge in [-0.05, 0) is 25.5 Å². The molecule has 0 saturated heterocycles. The minimum absolute atomic E-state index is 0.154. The maximum Gasteiger partial charge on any atom is 0.251 e. The summed E-state index contributed by atoms with van der Waals surface area (Å²) in [6, 6.07) is 15.3. The molecule has 0 aliphatic carbocycles. The topological polar surface area (TPSA) is 68.0 Å². The van der Waals surface area contributed by atoms with Crippen molar-refractivity contribution < 1.29 is 9.32 Å². The molecule has 0 aliphatic rings. The summed E-state index contributed by atoms with van der Waals surface area (Å²) in [7, 11) is 0. The molecule has 0 fully saturated rings. The second-order valence-corrected chi connectivity index (χ2v) is 5.38. The van der Waals surface area contributed by atoms with Crippen molar-refractivity contribution in [3.8, 4) is 11.4 Å². The zero-order valence-corrected chi connectivity index (χ0v) is 13.0. The second-order valence-electron chi connectivity index (χ2n) is 5.38. The molecule has 0 unspecified atom stereocenters. The summed E-state index contributed by atoms with van der Waals surface area (Å²) in [6.07, 6.45) is 0. The highest BCUT2D eigenvalue weighted by molar-refractivity contribution is 5.95. The Labute approximate surface area is 134 Å². The van der Waals surface area contributed by atoms with Crippen molar-refractivity contribution in [2.24, 2.45) is 0 Å². The Kier molecular flexibility index (Phi) is 4.19. The van der Waals surface area contributed by atoms with Gasteiger partial charge in [-0.2, -0.15) is 4.98 Å². The fourth-order valence-corrected chi connectivity index (χ4v) is 2.23. The standard InChI is InChI=1S/C18H17N3O2/c1-12-7-9-14(10-8-12)17-20-16(23-21-17)11-19-18(22)15-6-4-3-5-13(15)2/h3-10H,11H2,1-2H3,(H,19,22). The summed E-state index contributed by atoms with van der Waals surface area (Å²) in [5.41, 5.74) is 3.63. The van der Waals surface area contributed by atoms with Gasteiger partial charge in [-0.3, -0.25) is 4.79 Å². The molecule has 0 radical (unpaired) electrons. The van der Waals surface area contributed by atoms with Crippen molar-refractivity contribution in [2.75, 3.05) is 0 Å². The molecule has 0 bridgehead atoms. The van der Waals surface area contributed by atoms with Gasteiger partial charge >= 0.3 is 0 Å². The maximum atomic E-state index is 12.2. The number of nitrogens with one attached hydrogen (secondary N) is 1. The number of nitrogens with zero attached hydrogens (tertiary/aromatic N) is 2. The SMILES string of the molecule is Cc1ccc(-c2noc(CNC(=O)c3ccccc3C)n2)cc1. The summed E-state index contributed by atoms with van der Waals surface area (Å²) >= 11 is 0. The maximum absolute atomic E-state index is 12.2. The van der Waals surface area contributed by atoms with Crippen LogP contribution in [0.3, 0.4) is 0 Å². The normalized spacial score (nSPS) is 10.5. The van der Waals surface area contributed by atoms with Crippen molar-refractivity contribution in [1.29, 1.82) is 0 Å². The molecule has 0 saturated carbocycles. The molecule has 1 aromatic heterocycles. The molecule has 2 aromatic carbocycles. The lowest BCUT2D eigenvalue weighted by molar-refractivity contribution is 0.0945. The van der Waals surface area contributed by atoms with E-state index in [1.54, 1.807) is 6.07 Å². The van der Waals surface area contributed by atoms with Gasteiger partial charge in [-0.15, -0.1) is 0 Å². The van der Waals surface area contributed by atoms with Gasteiger partial charge in [0.05, 0.1) is 6.54 Å². The molecule has 3 rings (SSSR count). The lowest BCUT2D eigenvalue weighted by atomic mass is 10.1. The first-order valence-corrected chi connectivity index (χ1v) is 7.37. The molecular weight excluding hydrogens is 290 g/mol. The van der Waals surface area contributed by atoms with Gasteiger partial charge in [0.15, 0.2) is 0 Å². The van der Waals surface area contributed by atoms with Crippen molar-refractivity contribution in [2.45, 2.75) is 20.4 Å². The van der Waals surface area contributed by atoms with Crippen LogP contribution in [0.25, 0.3) is 11.4 Å². The van der Waals surface area contributed by atoms with Crippen LogP contribution in [0.1, 0.15) is 27.4 Å². The van der Waals surface area contributed by atoms with E-state index in [4.69, 9.17) is 4.52 Å². The highest BCUT2D eigenvalue weighted by atomic mass is 16.5. The fourth-order valence-electron chi connectivity index (χ4n) is 2.23. The highest BCUT2D eigenvalue weighted by Gasteiger charge is 2.12. The van der Waals surface area contributed by atoms with E-state index in [2.05, 4.69) is 15.5 Å². The van der Waals surface area contributed by atoms with Crippen LogP contribution in [-0.4, -0.2) is 16.0 Å². The van der Waals surface area contributed by atoms with E-state index in [9.17, 15) is 4.79 Å². The molecule has 116 valence electrons. The van der Waals surface area contributed by atoms with Crippen LogP contribution < -0.4 is 5.32 Å². The number of carbonyl (C=O) groups is 1. The number of hydrogen-bond donors (Lipinski definition) is 1. The molecule has 0 spiro atoms. The number of amides is 1. The smallest absolute Gasteiger partial charge is 0.251 e. The molecule has 1 heterocycles. The van der Waals surface area contributed by atoms with Crippen LogP contribution in [0.15, 0.2) is 53.1 Å². The Morgan fingerprint density at radius 3 is 2.57 bits per heavy atom. The Bertz CT molecular complexity index is 822. The zero-order valence-electron chi connectivity index (χ0n) is 13.0. The Morgan fingerprint density at radius 2 is 1.83 bits per heavy atom. The fraction of sp³-hybridized carbons (Fsp3) is 0.167. The summed E-state index contributed by atoms with van der Waals surface area (Å²) in [5, 5.41) is 6.74. The molecule has 5 nitrogen and oxygen atoms in total. The minimum atomic E-state index is -0.154. The van der Waals surface area contributed by atoms with Crippen molar-refractivity contribution in [3.05, 3.63) is 71.1 Å². The Hall–Kier alpha value is -2.95. The van der Waals surface area contributed by atoms with Crippen LogP contribution in [0.4, 0.5) is 0 Å². The number of carbonyl (C=O) groups excluding carboxylic acids is 1. The molecule has 3 aromatic rings. The van der Waals surface area contributed by atoms with E-state index in [0.29, 0.717) is 17.3 Å². The number of rotatable bonds is 4. The Balaban J connectivity index is 1.67. The van der Waals surface area contributed by atoms with Crippen molar-refractivity contribution in [1.82, 2.24) is 15.5 Å². The first-order chi connectivity index (χ1) is 11.1. The van der Waals surface area contributed by atoms with E-state index < -0.39 is 0 Å². The van der Waals surface area contributed by atoms with E-state index in [1.165, 1.54) is 5.56 Å². The van der Waals surface area contributed by atoms with Gasteiger partial charge in [0.1, 0.15) is 0 Å². The molecule has 0 atom stereocenters. The lowest BCUT2D eigenvalue weighted by Gasteiger charge is -2.04. The number of hydrogen-bond acceptors (Lipinski definition) is 4. The van der Waals surface area contributed by atoms with Crippen LogP contribution >= 0.6 is 0 Å². The number of aromatic nitrogens is 2. The van der Waals surface area contributed by atoms with Crippen molar-refractivity contribution in [3.63, 3.8) is 0 Å². The minimum Gasteiger partial charge on any atom is -0.343 e. The van der Waals surface area contributed by atoms with Gasteiger partial charge in [0.2, 0.25) is 11.7 Å². The number of benzene rings is 2. The quantitative estimate of drug-likeness (QED) is 0.803. The molecular formula is C18H17N3O2. The van der Waals surface area contributed by atoms with E-state index in [-0.39, 0.29) is 12.5 Å². The Morgan fingerprint density at radius 1 is 1.09 bits per heavy atom. The monoisotopic (exact) mass is 307 g/mol. The van der Waals surface area contributed by atoms with Gasteiger partial charge in [-0.25, -0.2) is 0 Å². The van der Waals surface area contributed by atoms with Gasteiger partial charge < -0.3 is 9.84 Å². The summed E-state index contributed by atoms with van der Waals surface area (Å²) in [4.78, 5) is 16.5. The van der Waals surface area contributed by atoms with Crippen LogP contribution in [0.2, 0.25) is 0 Å². The number of aryl methyl sites for hydroxylation is 2. The predicted molar refractivity (Wildman–Crippen MR) is 86.8 cm³/mol. The summed E-state index contributed by atoms with van der Waals surface area (Å²) < 4.78 is 5.19. The molecule has 1 amide bonds. The average molecular weight is 307 g/mol. The first kappa shape index (κ1) is 15.0. The molecule has 1 N–H and O–H groups in total. The summed E-state index contributed by atoms with van der Waals surface area (Å²) in [5.74, 6) is 0.742. The highest BCUT2D eigenvalue weighted by Crippen LogP contribution is 2.16. The third-order valence-corrected chi connectivity index (χ3v) is 3.57. The molecule has 0 aliphatic heterocycles. The molecule has 23 heavy (non-hydrogen) atoms. The third-order valence-electron chi connectivity index (χ3n) is 3.57. The first-order valence-electron chi connectivity index (χ1n) is 7.37. The van der Waals surface area contributed by atoms with Gasteiger partial charge in [0, 0.05) is 11.1 Å². The van der Waals surface area contributed by atoms with E-state index >= 15 is 0 Å². The van der Waals surface area contributed by atoms with Crippen molar-refractivity contribution >= 4 is 5.91 Å². The predicted octanol–water partition coefficient (Wildman–Crippen LogP) is 3.28. The van der Waals surface area contributed by atoms with Crippen LogP contribution in [-0.2, 0) is 6.54 Å². The van der Waals surface area contributed by atoms with Crippen LogP contribution in [0.5, 0.6) is 0 Å². The summed E-state index contributed by atoms with van der Waals surface area (Å²) in [6.45, 7) is 4.12. The van der Waals surface area contributed by atoms with Crippen LogP contribution in [0, 0.1) is 13.8 Å². The largest absolute Gasteiger partial charge is 0.343 e. The van der Waals surface area contributed by atoms with Gasteiger partial charge in [0.25, 0.3) is 5.91 Å². The van der Waals surface area contributed by atoms with E-state index in [0.717, 1.165) is 11.1 Å². The van der Waals surface area contributed by atoms with E-state index in [1.807, 2.05) is 56.3 Å². The molecule has 5 heteroatoms. The zero-order chi connectivity index (χ0) is 16.2. The third kappa shape index (κ3) is 3.45. The van der Waals surface area contributed by atoms with Gasteiger partial charge in [-0.1, -0.05) is 53.2 Å². The lowest BCUT2D eigenvalue weighted by Crippen LogP contribution is -2.23.